The summed E-state index contributed by atoms with van der Waals surface area (Å²) in [5.41, 5.74) is 0.835. The van der Waals surface area contributed by atoms with Crippen molar-refractivity contribution >= 4 is 0 Å². The first-order valence-electron chi connectivity index (χ1n) is 6.09. The molecule has 0 unspecified atom stereocenters. The molecule has 1 spiro atoms. The SMILES string of the molecule is C1CN(CCC2CC2)CC2(C1)CC2. The highest BCUT2D eigenvalue weighted by atomic mass is 15.1. The van der Waals surface area contributed by atoms with Gasteiger partial charge in [0.2, 0.25) is 0 Å². The van der Waals surface area contributed by atoms with Crippen LogP contribution >= 0.6 is 0 Å². The minimum atomic E-state index is 0.835. The van der Waals surface area contributed by atoms with Crippen LogP contribution in [0.5, 0.6) is 0 Å². The molecule has 3 rings (SSSR count). The monoisotopic (exact) mass is 179 g/mol. The van der Waals surface area contributed by atoms with Crippen LogP contribution in [0.25, 0.3) is 0 Å². The molecule has 0 aromatic rings. The normalized spacial score (nSPS) is 32.3. The fourth-order valence-corrected chi connectivity index (χ4v) is 2.86. The predicted molar refractivity (Wildman–Crippen MR) is 54.7 cm³/mol. The molecule has 1 heterocycles. The smallest absolute Gasteiger partial charge is 0.00380 e. The molecule has 2 saturated carbocycles. The van der Waals surface area contributed by atoms with Crippen molar-refractivity contribution in [3.8, 4) is 0 Å². The molecule has 0 atom stereocenters. The summed E-state index contributed by atoms with van der Waals surface area (Å²) in [6, 6.07) is 0. The van der Waals surface area contributed by atoms with E-state index < -0.39 is 0 Å². The maximum atomic E-state index is 2.74. The van der Waals surface area contributed by atoms with E-state index in [2.05, 4.69) is 4.90 Å². The van der Waals surface area contributed by atoms with Gasteiger partial charge in [-0.25, -0.2) is 0 Å². The topological polar surface area (TPSA) is 3.24 Å². The molecule has 0 bridgehead atoms. The van der Waals surface area contributed by atoms with Crippen molar-refractivity contribution in [1.82, 2.24) is 4.90 Å². The van der Waals surface area contributed by atoms with Crippen molar-refractivity contribution in [1.29, 1.82) is 0 Å². The standard InChI is InChI=1S/C12H21N/c1-5-12(6-7-12)10-13(8-1)9-4-11-2-3-11/h11H,1-10H2. The van der Waals surface area contributed by atoms with Gasteiger partial charge in [-0.2, -0.15) is 0 Å². The Balaban J connectivity index is 1.46. The summed E-state index contributed by atoms with van der Waals surface area (Å²) in [7, 11) is 0. The highest BCUT2D eigenvalue weighted by molar-refractivity contribution is 4.98. The van der Waals surface area contributed by atoms with Gasteiger partial charge in [0.25, 0.3) is 0 Å². The minimum Gasteiger partial charge on any atom is -0.303 e. The predicted octanol–water partition coefficient (Wildman–Crippen LogP) is 2.66. The van der Waals surface area contributed by atoms with Gasteiger partial charge in [0.05, 0.1) is 0 Å². The van der Waals surface area contributed by atoms with Crippen LogP contribution in [0.1, 0.15) is 44.9 Å². The van der Waals surface area contributed by atoms with Crippen LogP contribution in [0.4, 0.5) is 0 Å². The Morgan fingerprint density at radius 1 is 1.15 bits per heavy atom. The molecule has 0 aromatic carbocycles. The first kappa shape index (κ1) is 8.28. The molecular weight excluding hydrogens is 158 g/mol. The Morgan fingerprint density at radius 3 is 2.69 bits per heavy atom. The zero-order valence-corrected chi connectivity index (χ0v) is 8.60. The number of hydrogen-bond acceptors (Lipinski definition) is 1. The number of likely N-dealkylation sites (tertiary alicyclic amines) is 1. The van der Waals surface area contributed by atoms with Crippen molar-refractivity contribution in [2.75, 3.05) is 19.6 Å². The zero-order valence-electron chi connectivity index (χ0n) is 8.60. The van der Waals surface area contributed by atoms with Crippen LogP contribution < -0.4 is 0 Å². The Bertz CT molecular complexity index is 191. The van der Waals surface area contributed by atoms with Crippen LogP contribution in [0, 0.1) is 11.3 Å². The van der Waals surface area contributed by atoms with E-state index in [1.807, 2.05) is 0 Å². The molecule has 0 N–H and O–H groups in total. The molecule has 74 valence electrons. The van der Waals surface area contributed by atoms with Gasteiger partial charge in [-0.05, 0) is 56.5 Å². The van der Waals surface area contributed by atoms with Crippen molar-refractivity contribution < 1.29 is 0 Å². The summed E-state index contributed by atoms with van der Waals surface area (Å²) in [6.45, 7) is 4.25. The van der Waals surface area contributed by atoms with Crippen LogP contribution in [0.15, 0.2) is 0 Å². The lowest BCUT2D eigenvalue weighted by molar-refractivity contribution is 0.157. The van der Waals surface area contributed by atoms with E-state index in [0.717, 1.165) is 11.3 Å². The van der Waals surface area contributed by atoms with Crippen LogP contribution in [-0.4, -0.2) is 24.5 Å². The number of rotatable bonds is 3. The molecule has 0 amide bonds. The Morgan fingerprint density at radius 2 is 2.00 bits per heavy atom. The lowest BCUT2D eigenvalue weighted by Crippen LogP contribution is -2.37. The van der Waals surface area contributed by atoms with E-state index in [-0.39, 0.29) is 0 Å². The molecule has 3 fully saturated rings. The van der Waals surface area contributed by atoms with Crippen molar-refractivity contribution in [3.05, 3.63) is 0 Å². The minimum absolute atomic E-state index is 0.835. The Labute approximate surface area is 81.5 Å². The average Bonchev–Trinajstić information content (AvgIpc) is 3.00. The molecular formula is C12H21N. The highest BCUT2D eigenvalue weighted by Crippen LogP contribution is 2.52. The molecule has 0 aromatic heterocycles. The largest absolute Gasteiger partial charge is 0.303 e. The fourth-order valence-electron chi connectivity index (χ4n) is 2.86. The van der Waals surface area contributed by atoms with Crippen molar-refractivity contribution in [2.24, 2.45) is 11.3 Å². The van der Waals surface area contributed by atoms with Crippen LogP contribution in [0.3, 0.4) is 0 Å². The Kier molecular flexibility index (Phi) is 1.90. The fraction of sp³-hybridized carbons (Fsp3) is 1.00. The summed E-state index contributed by atoms with van der Waals surface area (Å²) in [4.78, 5) is 2.74. The van der Waals surface area contributed by atoms with Crippen molar-refractivity contribution in [3.63, 3.8) is 0 Å². The van der Waals surface area contributed by atoms with E-state index >= 15 is 0 Å². The van der Waals surface area contributed by atoms with Gasteiger partial charge in [-0.15, -0.1) is 0 Å². The van der Waals surface area contributed by atoms with E-state index in [0.29, 0.717) is 0 Å². The summed E-state index contributed by atoms with van der Waals surface area (Å²) in [6.07, 6.45) is 10.6. The summed E-state index contributed by atoms with van der Waals surface area (Å²) in [5.74, 6) is 1.12. The van der Waals surface area contributed by atoms with Crippen LogP contribution in [-0.2, 0) is 0 Å². The number of nitrogens with zero attached hydrogens (tertiary/aromatic N) is 1. The molecule has 3 aliphatic rings. The molecule has 1 nitrogen and oxygen atoms in total. The van der Waals surface area contributed by atoms with E-state index in [4.69, 9.17) is 0 Å². The van der Waals surface area contributed by atoms with Gasteiger partial charge >= 0.3 is 0 Å². The van der Waals surface area contributed by atoms with Gasteiger partial charge in [-0.3, -0.25) is 0 Å². The van der Waals surface area contributed by atoms with Crippen molar-refractivity contribution in [2.45, 2.75) is 44.9 Å². The molecule has 2 aliphatic carbocycles. The molecule has 1 aliphatic heterocycles. The molecule has 1 heteroatoms. The van der Waals surface area contributed by atoms with Gasteiger partial charge in [-0.1, -0.05) is 12.8 Å². The Hall–Kier alpha value is -0.0400. The molecule has 13 heavy (non-hydrogen) atoms. The third-order valence-corrected chi connectivity index (χ3v) is 4.25. The first-order chi connectivity index (χ1) is 6.36. The average molecular weight is 179 g/mol. The van der Waals surface area contributed by atoms with Crippen LogP contribution in [0.2, 0.25) is 0 Å². The maximum Gasteiger partial charge on any atom is 0.00380 e. The molecule has 1 saturated heterocycles. The zero-order chi connectivity index (χ0) is 8.73. The third-order valence-electron chi connectivity index (χ3n) is 4.25. The molecule has 0 radical (unpaired) electrons. The highest BCUT2D eigenvalue weighted by Gasteiger charge is 2.45. The lowest BCUT2D eigenvalue weighted by atomic mass is 9.95. The second kappa shape index (κ2) is 2.98. The first-order valence-corrected chi connectivity index (χ1v) is 6.09. The van der Waals surface area contributed by atoms with E-state index in [9.17, 15) is 0 Å². The van der Waals surface area contributed by atoms with E-state index in [1.165, 1.54) is 64.6 Å². The summed E-state index contributed by atoms with van der Waals surface area (Å²) < 4.78 is 0. The van der Waals surface area contributed by atoms with E-state index in [1.54, 1.807) is 0 Å². The van der Waals surface area contributed by atoms with Gasteiger partial charge in [0, 0.05) is 6.54 Å². The second-order valence-electron chi connectivity index (χ2n) is 5.61. The quantitative estimate of drug-likeness (QED) is 0.644. The third kappa shape index (κ3) is 1.90. The van der Waals surface area contributed by atoms with Gasteiger partial charge in [0.15, 0.2) is 0 Å². The summed E-state index contributed by atoms with van der Waals surface area (Å²) >= 11 is 0. The number of hydrogen-bond donors (Lipinski definition) is 0. The lowest BCUT2D eigenvalue weighted by Gasteiger charge is -2.32. The number of piperidine rings is 1. The second-order valence-corrected chi connectivity index (χ2v) is 5.61. The van der Waals surface area contributed by atoms with Gasteiger partial charge in [0.1, 0.15) is 0 Å². The summed E-state index contributed by atoms with van der Waals surface area (Å²) in [5, 5.41) is 0. The maximum absolute atomic E-state index is 2.74. The van der Waals surface area contributed by atoms with Gasteiger partial charge < -0.3 is 4.90 Å².